The number of nitrogens with zero attached hydrogens (tertiary/aromatic N) is 4. The van der Waals surface area contributed by atoms with Gasteiger partial charge in [-0.15, -0.1) is 0 Å². The van der Waals surface area contributed by atoms with Crippen LogP contribution in [0.2, 0.25) is 0 Å². The fourth-order valence-electron chi connectivity index (χ4n) is 3.78. The van der Waals surface area contributed by atoms with Crippen molar-refractivity contribution in [1.29, 1.82) is 0 Å². The summed E-state index contributed by atoms with van der Waals surface area (Å²) in [5.74, 6) is 1.27. The van der Waals surface area contributed by atoms with Crippen LogP contribution in [0.5, 0.6) is 11.5 Å². The Morgan fingerprint density at radius 1 is 0.970 bits per heavy atom. The Bertz CT molecular complexity index is 1240. The second kappa shape index (κ2) is 9.65. The number of carbonyl (C=O) groups excluding carboxylic acids is 1. The van der Waals surface area contributed by atoms with Crippen LogP contribution in [0.4, 0.5) is 0 Å². The Balaban J connectivity index is 1.59. The van der Waals surface area contributed by atoms with Gasteiger partial charge in [0.2, 0.25) is 0 Å². The second-order valence-electron chi connectivity index (χ2n) is 7.83. The molecule has 0 saturated carbocycles. The summed E-state index contributed by atoms with van der Waals surface area (Å²) in [6.45, 7) is 0.549. The normalized spacial score (nSPS) is 10.8. The quantitative estimate of drug-likeness (QED) is 0.409. The maximum atomic E-state index is 13.5. The van der Waals surface area contributed by atoms with Crippen molar-refractivity contribution in [2.45, 2.75) is 6.42 Å². The molecule has 0 fully saturated rings. The minimum absolute atomic E-state index is 0.0905. The van der Waals surface area contributed by atoms with Gasteiger partial charge in [0, 0.05) is 26.8 Å². The van der Waals surface area contributed by atoms with Gasteiger partial charge >= 0.3 is 0 Å². The number of rotatable bonds is 8. The predicted octanol–water partition coefficient (Wildman–Crippen LogP) is 4.21. The Labute approximate surface area is 193 Å². The molecule has 7 nitrogen and oxygen atoms in total. The van der Waals surface area contributed by atoms with E-state index in [1.807, 2.05) is 91.6 Å². The van der Waals surface area contributed by atoms with E-state index in [4.69, 9.17) is 14.6 Å². The predicted molar refractivity (Wildman–Crippen MR) is 128 cm³/mol. The maximum absolute atomic E-state index is 13.5. The first-order valence-electron chi connectivity index (χ1n) is 10.8. The van der Waals surface area contributed by atoms with Crippen LogP contribution >= 0.6 is 0 Å². The summed E-state index contributed by atoms with van der Waals surface area (Å²) in [5, 5.41) is 4.77. The highest BCUT2D eigenvalue weighted by molar-refractivity contribution is 5.94. The first-order chi connectivity index (χ1) is 16.0. The summed E-state index contributed by atoms with van der Waals surface area (Å²) >= 11 is 0. The number of carbonyl (C=O) groups is 1. The van der Waals surface area contributed by atoms with Crippen molar-refractivity contribution in [3.05, 3.63) is 84.2 Å². The van der Waals surface area contributed by atoms with Crippen molar-refractivity contribution in [2.24, 2.45) is 7.05 Å². The van der Waals surface area contributed by atoms with E-state index in [9.17, 15) is 4.79 Å². The minimum Gasteiger partial charge on any atom is -0.493 e. The molecule has 2 aromatic heterocycles. The Morgan fingerprint density at radius 3 is 2.39 bits per heavy atom. The summed E-state index contributed by atoms with van der Waals surface area (Å²) in [7, 11) is 7.01. The smallest absolute Gasteiger partial charge is 0.272 e. The van der Waals surface area contributed by atoms with Crippen LogP contribution < -0.4 is 9.47 Å². The highest BCUT2D eigenvalue weighted by Crippen LogP contribution is 2.28. The Morgan fingerprint density at radius 2 is 1.73 bits per heavy atom. The molecule has 7 heteroatoms. The molecule has 0 radical (unpaired) electrons. The van der Waals surface area contributed by atoms with Crippen LogP contribution in [0.3, 0.4) is 0 Å². The van der Waals surface area contributed by atoms with Crippen LogP contribution in [0, 0.1) is 0 Å². The summed E-state index contributed by atoms with van der Waals surface area (Å²) in [4.78, 5) is 15.2. The first kappa shape index (κ1) is 22.2. The van der Waals surface area contributed by atoms with E-state index in [2.05, 4.69) is 0 Å². The molecule has 2 heterocycles. The molecular formula is C26H28N4O3. The van der Waals surface area contributed by atoms with Crippen molar-refractivity contribution in [3.8, 4) is 28.6 Å². The number of methoxy groups -OCH3 is 2. The van der Waals surface area contributed by atoms with Crippen molar-refractivity contribution >= 4 is 5.91 Å². The zero-order chi connectivity index (χ0) is 23.4. The topological polar surface area (TPSA) is 61.5 Å². The van der Waals surface area contributed by atoms with Crippen LogP contribution in [-0.4, -0.2) is 53.0 Å². The largest absolute Gasteiger partial charge is 0.493 e. The number of aromatic nitrogens is 3. The van der Waals surface area contributed by atoms with E-state index in [0.29, 0.717) is 30.2 Å². The van der Waals surface area contributed by atoms with E-state index < -0.39 is 0 Å². The van der Waals surface area contributed by atoms with E-state index >= 15 is 0 Å². The van der Waals surface area contributed by atoms with Gasteiger partial charge in [0.15, 0.2) is 11.5 Å². The molecule has 0 N–H and O–H groups in total. The molecule has 0 aliphatic heterocycles. The molecule has 4 rings (SSSR count). The van der Waals surface area contributed by atoms with Gasteiger partial charge in [0.25, 0.3) is 5.91 Å². The number of para-hydroxylation sites is 1. The molecule has 0 aliphatic rings. The van der Waals surface area contributed by atoms with Gasteiger partial charge in [-0.3, -0.25) is 4.79 Å². The van der Waals surface area contributed by atoms with Gasteiger partial charge in [0.1, 0.15) is 11.4 Å². The first-order valence-corrected chi connectivity index (χ1v) is 10.8. The lowest BCUT2D eigenvalue weighted by atomic mass is 10.1. The lowest BCUT2D eigenvalue weighted by molar-refractivity contribution is 0.0787. The molecule has 0 bridgehead atoms. The van der Waals surface area contributed by atoms with E-state index in [0.717, 1.165) is 22.6 Å². The van der Waals surface area contributed by atoms with Gasteiger partial charge in [-0.25, -0.2) is 4.68 Å². The van der Waals surface area contributed by atoms with Crippen LogP contribution in [0.1, 0.15) is 16.1 Å². The number of ether oxygens (including phenoxy) is 2. The molecule has 2 aromatic carbocycles. The summed E-state index contributed by atoms with van der Waals surface area (Å²) in [6, 6.07) is 21.3. The fraction of sp³-hybridized carbons (Fsp3) is 0.231. The number of hydrogen-bond acceptors (Lipinski definition) is 4. The molecule has 170 valence electrons. The maximum Gasteiger partial charge on any atom is 0.272 e. The SMILES string of the molecule is COc1ccc(CCN(C)C(=O)c2cc(-c3cccn3C)nn2-c2ccccc2)cc1OC. The number of benzene rings is 2. The average molecular weight is 445 g/mol. The zero-order valence-electron chi connectivity index (χ0n) is 19.4. The van der Waals surface area contributed by atoms with E-state index in [-0.39, 0.29) is 5.91 Å². The van der Waals surface area contributed by atoms with Crippen molar-refractivity contribution < 1.29 is 14.3 Å². The Kier molecular flexibility index (Phi) is 6.49. The third-order valence-electron chi connectivity index (χ3n) is 5.67. The van der Waals surface area contributed by atoms with Crippen molar-refractivity contribution in [2.75, 3.05) is 27.8 Å². The second-order valence-corrected chi connectivity index (χ2v) is 7.83. The van der Waals surface area contributed by atoms with Gasteiger partial charge in [-0.05, 0) is 54.4 Å². The molecule has 4 aromatic rings. The molecule has 0 atom stereocenters. The summed E-state index contributed by atoms with van der Waals surface area (Å²) in [5.41, 5.74) is 4.13. The number of hydrogen-bond donors (Lipinski definition) is 0. The molecule has 0 aliphatic carbocycles. The number of amides is 1. The summed E-state index contributed by atoms with van der Waals surface area (Å²) < 4.78 is 14.4. The average Bonchev–Trinajstić information content (AvgIpc) is 3.48. The highest BCUT2D eigenvalue weighted by atomic mass is 16.5. The van der Waals surface area contributed by atoms with E-state index in [1.165, 1.54) is 0 Å². The van der Waals surface area contributed by atoms with Gasteiger partial charge < -0.3 is 18.9 Å². The third-order valence-corrected chi connectivity index (χ3v) is 5.67. The molecule has 0 unspecified atom stereocenters. The molecular weight excluding hydrogens is 416 g/mol. The lowest BCUT2D eigenvalue weighted by Gasteiger charge is -2.18. The minimum atomic E-state index is -0.0905. The lowest BCUT2D eigenvalue weighted by Crippen LogP contribution is -2.30. The van der Waals surface area contributed by atoms with Crippen LogP contribution in [0.25, 0.3) is 17.1 Å². The van der Waals surface area contributed by atoms with Crippen molar-refractivity contribution in [3.63, 3.8) is 0 Å². The van der Waals surface area contributed by atoms with Gasteiger partial charge in [0.05, 0.1) is 25.6 Å². The zero-order valence-corrected chi connectivity index (χ0v) is 19.4. The van der Waals surface area contributed by atoms with Gasteiger partial charge in [-0.1, -0.05) is 24.3 Å². The van der Waals surface area contributed by atoms with Gasteiger partial charge in [-0.2, -0.15) is 5.10 Å². The number of likely N-dealkylation sites (N-methyl/N-ethyl adjacent to an activating group) is 1. The monoisotopic (exact) mass is 444 g/mol. The number of aryl methyl sites for hydroxylation is 1. The molecule has 0 spiro atoms. The standard InChI is InChI=1S/C26H28N4O3/c1-28-15-8-11-22(28)21-18-23(30(27-21)20-9-6-5-7-10-20)26(31)29(2)16-14-19-12-13-24(32-3)25(17-19)33-4/h5-13,15,17-18H,14,16H2,1-4H3. The van der Waals surface area contributed by atoms with Crippen LogP contribution in [0.15, 0.2) is 72.9 Å². The summed E-state index contributed by atoms with van der Waals surface area (Å²) in [6.07, 6.45) is 2.65. The fourth-order valence-corrected chi connectivity index (χ4v) is 3.78. The Hall–Kier alpha value is -4.00. The molecule has 33 heavy (non-hydrogen) atoms. The van der Waals surface area contributed by atoms with Crippen LogP contribution in [-0.2, 0) is 13.5 Å². The highest BCUT2D eigenvalue weighted by Gasteiger charge is 2.21. The van der Waals surface area contributed by atoms with Crippen molar-refractivity contribution in [1.82, 2.24) is 19.2 Å². The van der Waals surface area contributed by atoms with E-state index in [1.54, 1.807) is 23.8 Å². The molecule has 1 amide bonds. The molecule has 0 saturated heterocycles. The third kappa shape index (κ3) is 4.62.